The van der Waals surface area contributed by atoms with Crippen LogP contribution in [-0.2, 0) is 15.5 Å². The van der Waals surface area contributed by atoms with Crippen molar-refractivity contribution in [2.75, 3.05) is 0 Å². The molecule has 1 aromatic carbocycles. The van der Waals surface area contributed by atoms with Crippen molar-refractivity contribution in [2.45, 2.75) is 68.5 Å². The van der Waals surface area contributed by atoms with Crippen LogP contribution in [0.1, 0.15) is 45.1 Å². The molecule has 1 N–H and O–H groups in total. The van der Waals surface area contributed by atoms with Crippen LogP contribution in [0.4, 0.5) is 0 Å². The number of aliphatic hydroxyl groups is 1. The van der Waals surface area contributed by atoms with E-state index < -0.39 is 21.8 Å². The average Bonchev–Trinajstić information content (AvgIpc) is 3.20. The first-order valence-electron chi connectivity index (χ1n) is 7.40. The average molecular weight is 296 g/mol. The standard InChI is InChI=1S/C16H24O3S/c1-4-6-7-15-16(19-15,14(17)5-2)20(18)13-10-8-12(3)9-11-13/h8-11,14-15,17H,4-7H2,1-3H3/t14-,15-,16-,20?/m1/s1. The Bertz CT molecular complexity index is 471. The number of aliphatic hydroxyl groups excluding tert-OH is 1. The van der Waals surface area contributed by atoms with Crippen LogP contribution in [0.3, 0.4) is 0 Å². The number of hydrogen-bond donors (Lipinski definition) is 1. The van der Waals surface area contributed by atoms with Crippen LogP contribution in [0.5, 0.6) is 0 Å². The number of rotatable bonds is 7. The molecular formula is C16H24O3S. The number of epoxide rings is 1. The number of unbranched alkanes of at least 4 members (excludes halogenated alkanes) is 1. The van der Waals surface area contributed by atoms with E-state index >= 15 is 0 Å². The maximum Gasteiger partial charge on any atom is 0.199 e. The fourth-order valence-corrected chi connectivity index (χ4v) is 4.27. The highest BCUT2D eigenvalue weighted by molar-refractivity contribution is 7.86. The molecular weight excluding hydrogens is 272 g/mol. The first kappa shape index (κ1) is 15.7. The van der Waals surface area contributed by atoms with E-state index in [1.54, 1.807) is 0 Å². The van der Waals surface area contributed by atoms with E-state index in [0.717, 1.165) is 29.7 Å². The van der Waals surface area contributed by atoms with E-state index in [1.807, 2.05) is 38.1 Å². The van der Waals surface area contributed by atoms with Crippen molar-refractivity contribution in [1.82, 2.24) is 0 Å². The second kappa shape index (κ2) is 6.37. The Morgan fingerprint density at radius 1 is 1.35 bits per heavy atom. The highest BCUT2D eigenvalue weighted by atomic mass is 32.2. The van der Waals surface area contributed by atoms with E-state index in [9.17, 15) is 9.32 Å². The van der Waals surface area contributed by atoms with Crippen molar-refractivity contribution in [1.29, 1.82) is 0 Å². The quantitative estimate of drug-likeness (QED) is 0.786. The SMILES string of the molecule is CCCC[C@H]1O[C@]1([C@H](O)CC)S(=O)c1ccc(C)cc1. The highest BCUT2D eigenvalue weighted by Crippen LogP contribution is 2.48. The molecule has 0 aromatic heterocycles. The molecule has 1 aromatic rings. The van der Waals surface area contributed by atoms with Gasteiger partial charge in [0.1, 0.15) is 6.10 Å². The summed E-state index contributed by atoms with van der Waals surface area (Å²) < 4.78 is 18.6. The number of benzene rings is 1. The Balaban J connectivity index is 2.20. The maximum absolute atomic E-state index is 12.8. The molecule has 3 nitrogen and oxygen atoms in total. The molecule has 0 bridgehead atoms. The third kappa shape index (κ3) is 2.83. The molecule has 4 atom stereocenters. The first-order valence-corrected chi connectivity index (χ1v) is 8.55. The Kier molecular flexibility index (Phi) is 4.99. The second-order valence-corrected chi connectivity index (χ2v) is 7.12. The van der Waals surface area contributed by atoms with Gasteiger partial charge in [-0.15, -0.1) is 0 Å². The van der Waals surface area contributed by atoms with Gasteiger partial charge in [0.25, 0.3) is 0 Å². The van der Waals surface area contributed by atoms with Gasteiger partial charge in [0, 0.05) is 4.90 Å². The molecule has 4 heteroatoms. The van der Waals surface area contributed by atoms with Crippen LogP contribution in [0.2, 0.25) is 0 Å². The molecule has 20 heavy (non-hydrogen) atoms. The number of hydrogen-bond acceptors (Lipinski definition) is 3. The summed E-state index contributed by atoms with van der Waals surface area (Å²) in [6.45, 7) is 6.02. The van der Waals surface area contributed by atoms with Crippen LogP contribution < -0.4 is 0 Å². The van der Waals surface area contributed by atoms with E-state index in [2.05, 4.69) is 6.92 Å². The molecule has 2 rings (SSSR count). The van der Waals surface area contributed by atoms with Gasteiger partial charge < -0.3 is 9.84 Å². The van der Waals surface area contributed by atoms with Gasteiger partial charge in [0.15, 0.2) is 4.93 Å². The molecule has 0 aliphatic carbocycles. The zero-order chi connectivity index (χ0) is 14.8. The number of aryl methyl sites for hydroxylation is 1. The number of ether oxygens (including phenoxy) is 1. The summed E-state index contributed by atoms with van der Waals surface area (Å²) in [5.41, 5.74) is 1.13. The molecule has 1 unspecified atom stereocenters. The molecule has 1 aliphatic rings. The third-order valence-electron chi connectivity index (χ3n) is 3.91. The minimum atomic E-state index is -1.33. The lowest BCUT2D eigenvalue weighted by Crippen LogP contribution is -2.36. The van der Waals surface area contributed by atoms with Crippen molar-refractivity contribution < 1.29 is 14.1 Å². The lowest BCUT2D eigenvalue weighted by atomic mass is 10.1. The lowest BCUT2D eigenvalue weighted by Gasteiger charge is -2.18. The molecule has 1 heterocycles. The topological polar surface area (TPSA) is 49.8 Å². The van der Waals surface area contributed by atoms with Crippen molar-refractivity contribution in [3.05, 3.63) is 29.8 Å². The largest absolute Gasteiger partial charge is 0.389 e. The zero-order valence-corrected chi connectivity index (χ0v) is 13.3. The van der Waals surface area contributed by atoms with Gasteiger partial charge in [-0.05, 0) is 31.9 Å². The molecule has 0 spiro atoms. The zero-order valence-electron chi connectivity index (χ0n) is 12.5. The van der Waals surface area contributed by atoms with Crippen molar-refractivity contribution in [2.24, 2.45) is 0 Å². The van der Waals surface area contributed by atoms with Crippen molar-refractivity contribution in [3.63, 3.8) is 0 Å². The molecule has 0 saturated carbocycles. The molecule has 112 valence electrons. The minimum Gasteiger partial charge on any atom is -0.389 e. The van der Waals surface area contributed by atoms with Gasteiger partial charge in [0.2, 0.25) is 0 Å². The van der Waals surface area contributed by atoms with Gasteiger partial charge in [-0.1, -0.05) is 44.4 Å². The summed E-state index contributed by atoms with van der Waals surface area (Å²) in [7, 11) is -1.33. The minimum absolute atomic E-state index is 0.0838. The predicted octanol–water partition coefficient (Wildman–Crippen LogP) is 3.16. The third-order valence-corrected chi connectivity index (χ3v) is 5.82. The molecule has 1 aliphatic heterocycles. The molecule has 1 saturated heterocycles. The van der Waals surface area contributed by atoms with Crippen LogP contribution in [-0.4, -0.2) is 26.5 Å². The van der Waals surface area contributed by atoms with E-state index in [1.165, 1.54) is 0 Å². The highest BCUT2D eigenvalue weighted by Gasteiger charge is 2.65. The monoisotopic (exact) mass is 296 g/mol. The van der Waals surface area contributed by atoms with E-state index in [4.69, 9.17) is 4.74 Å². The molecule has 0 radical (unpaired) electrons. The predicted molar refractivity (Wildman–Crippen MR) is 81.0 cm³/mol. The van der Waals surface area contributed by atoms with E-state index in [-0.39, 0.29) is 6.10 Å². The van der Waals surface area contributed by atoms with Gasteiger partial charge in [-0.25, -0.2) is 0 Å². The van der Waals surface area contributed by atoms with Gasteiger partial charge in [-0.3, -0.25) is 4.21 Å². The van der Waals surface area contributed by atoms with Crippen LogP contribution in [0.25, 0.3) is 0 Å². The van der Waals surface area contributed by atoms with Gasteiger partial charge in [-0.2, -0.15) is 0 Å². The smallest absolute Gasteiger partial charge is 0.199 e. The van der Waals surface area contributed by atoms with Crippen LogP contribution >= 0.6 is 0 Å². The van der Waals surface area contributed by atoms with Gasteiger partial charge >= 0.3 is 0 Å². The second-order valence-electron chi connectivity index (χ2n) is 5.48. The Hall–Kier alpha value is -0.710. The first-order chi connectivity index (χ1) is 9.56. The molecule has 0 amide bonds. The van der Waals surface area contributed by atoms with Crippen LogP contribution in [0.15, 0.2) is 29.2 Å². The summed E-state index contributed by atoms with van der Waals surface area (Å²) in [5.74, 6) is 0. The summed E-state index contributed by atoms with van der Waals surface area (Å²) in [6.07, 6.45) is 2.78. The normalized spacial score (nSPS) is 28.1. The summed E-state index contributed by atoms with van der Waals surface area (Å²) in [5, 5.41) is 10.3. The fraction of sp³-hybridized carbons (Fsp3) is 0.625. The Morgan fingerprint density at radius 2 is 2.00 bits per heavy atom. The Labute approximate surface area is 123 Å². The molecule has 1 fully saturated rings. The van der Waals surface area contributed by atoms with E-state index in [0.29, 0.717) is 6.42 Å². The maximum atomic E-state index is 12.8. The lowest BCUT2D eigenvalue weighted by molar-refractivity contribution is 0.114. The summed E-state index contributed by atoms with van der Waals surface area (Å²) in [4.78, 5) is -0.152. The summed E-state index contributed by atoms with van der Waals surface area (Å²) in [6, 6.07) is 7.63. The Morgan fingerprint density at radius 3 is 2.55 bits per heavy atom. The summed E-state index contributed by atoms with van der Waals surface area (Å²) >= 11 is 0. The van der Waals surface area contributed by atoms with Gasteiger partial charge in [0.05, 0.1) is 16.9 Å². The van der Waals surface area contributed by atoms with Crippen molar-refractivity contribution >= 4 is 10.8 Å². The van der Waals surface area contributed by atoms with Crippen molar-refractivity contribution in [3.8, 4) is 0 Å². The van der Waals surface area contributed by atoms with Crippen LogP contribution in [0, 0.1) is 6.92 Å². The fourth-order valence-electron chi connectivity index (χ4n) is 2.55.